The summed E-state index contributed by atoms with van der Waals surface area (Å²) in [7, 11) is -2.67. The molecule has 2 N–H and O–H groups in total. The molecular weight excluding hydrogens is 677 g/mol. The number of amides is 3. The number of benzene rings is 2. The van der Waals surface area contributed by atoms with E-state index in [4.69, 9.17) is 13.9 Å². The van der Waals surface area contributed by atoms with Gasteiger partial charge in [-0.15, -0.1) is 0 Å². The monoisotopic (exact) mass is 731 g/mol. The molecule has 2 aromatic rings. The maximum absolute atomic E-state index is 14.6. The molecule has 2 fully saturated rings. The van der Waals surface area contributed by atoms with Crippen molar-refractivity contribution in [3.63, 3.8) is 0 Å². The Labute approximate surface area is 301 Å². The van der Waals surface area contributed by atoms with E-state index in [1.165, 1.54) is 35.2 Å². The van der Waals surface area contributed by atoms with Crippen molar-refractivity contribution in [3.05, 3.63) is 59.2 Å². The second-order valence-corrected chi connectivity index (χ2v) is 21.0. The Balaban J connectivity index is 1.84. The first-order valence-electron chi connectivity index (χ1n) is 17.9. The minimum Gasteiger partial charge on any atom is -0.508 e. The van der Waals surface area contributed by atoms with Crippen LogP contribution in [0.25, 0.3) is 0 Å². The van der Waals surface area contributed by atoms with E-state index in [1.807, 2.05) is 6.92 Å². The Hall–Kier alpha value is -3.55. The van der Waals surface area contributed by atoms with Gasteiger partial charge in [0.2, 0.25) is 5.91 Å². The van der Waals surface area contributed by atoms with E-state index < -0.39 is 55.7 Å². The topological polar surface area (TPSA) is 118 Å². The van der Waals surface area contributed by atoms with Crippen LogP contribution in [0.1, 0.15) is 90.1 Å². The molecule has 0 aliphatic carbocycles. The number of rotatable bonds is 12. The van der Waals surface area contributed by atoms with Crippen LogP contribution < -0.4 is 10.2 Å². The Morgan fingerprint density at radius 2 is 1.71 bits per heavy atom. The summed E-state index contributed by atoms with van der Waals surface area (Å²) >= 11 is 0. The number of ether oxygens (including phenoxy) is 2. The third kappa shape index (κ3) is 10.5. The van der Waals surface area contributed by atoms with Crippen molar-refractivity contribution in [2.45, 2.75) is 129 Å². The van der Waals surface area contributed by atoms with Crippen molar-refractivity contribution in [3.8, 4) is 5.75 Å². The molecule has 0 aromatic heterocycles. The van der Waals surface area contributed by atoms with Crippen LogP contribution in [0.4, 0.5) is 19.3 Å². The molecule has 2 aliphatic heterocycles. The van der Waals surface area contributed by atoms with Crippen molar-refractivity contribution < 1.29 is 42.2 Å². The Bertz CT molecular complexity index is 1560. The highest BCUT2D eigenvalue weighted by Crippen LogP contribution is 2.40. The fourth-order valence-corrected chi connectivity index (χ4v) is 7.66. The standard InChI is InChI=1S/C38H55F2N3O7Si/c1-10-14-48-30-22-32(43(23-30)36(47)49-37(2,3)4)34(50-51(8,9)38(5,6)7)31(17-24-15-26(39)20-27(40)16-24)41-35(46)25-18-28(21-29(44)19-25)42-13-11-12-33(42)45/h15-16,18-21,30-32,34,44H,10-14,17,22-23H2,1-9H3,(H,41,46)/t30-,31+,32-,34+/m1/s1. The molecule has 51 heavy (non-hydrogen) atoms. The summed E-state index contributed by atoms with van der Waals surface area (Å²) in [4.78, 5) is 43.7. The molecule has 0 unspecified atom stereocenters. The summed E-state index contributed by atoms with van der Waals surface area (Å²) in [6.07, 6.45) is 0.347. The van der Waals surface area contributed by atoms with E-state index >= 15 is 0 Å². The molecule has 2 heterocycles. The number of halogens is 2. The van der Waals surface area contributed by atoms with Gasteiger partial charge in [0.25, 0.3) is 5.91 Å². The number of nitrogens with one attached hydrogen (secondary N) is 1. The number of nitrogens with zero attached hydrogens (tertiary/aromatic N) is 2. The smallest absolute Gasteiger partial charge is 0.410 e. The van der Waals surface area contributed by atoms with Crippen LogP contribution in [0.3, 0.4) is 0 Å². The van der Waals surface area contributed by atoms with Gasteiger partial charge in [-0.2, -0.15) is 0 Å². The zero-order valence-corrected chi connectivity index (χ0v) is 32.5. The van der Waals surface area contributed by atoms with E-state index in [9.17, 15) is 28.3 Å². The molecule has 0 spiro atoms. The van der Waals surface area contributed by atoms with Gasteiger partial charge in [0, 0.05) is 43.0 Å². The van der Waals surface area contributed by atoms with Gasteiger partial charge in [-0.1, -0.05) is 27.7 Å². The number of phenolic OH excluding ortho intramolecular Hbond substituents is 1. The third-order valence-electron chi connectivity index (χ3n) is 9.75. The Kier molecular flexibility index (Phi) is 12.6. The van der Waals surface area contributed by atoms with Crippen LogP contribution in [-0.4, -0.2) is 85.8 Å². The molecule has 282 valence electrons. The molecule has 4 atom stereocenters. The lowest BCUT2D eigenvalue weighted by molar-refractivity contribution is -0.117. The molecule has 13 heteroatoms. The number of aromatic hydroxyl groups is 1. The zero-order valence-electron chi connectivity index (χ0n) is 31.5. The van der Waals surface area contributed by atoms with Crippen molar-refractivity contribution in [2.75, 3.05) is 24.6 Å². The second kappa shape index (κ2) is 16.0. The highest BCUT2D eigenvalue weighted by Gasteiger charge is 2.49. The number of phenols is 1. The minimum absolute atomic E-state index is 0.0465. The van der Waals surface area contributed by atoms with Gasteiger partial charge in [-0.05, 0) is 94.4 Å². The molecule has 2 aliphatic rings. The van der Waals surface area contributed by atoms with E-state index in [1.54, 1.807) is 25.7 Å². The molecule has 3 amide bonds. The Morgan fingerprint density at radius 1 is 1.04 bits per heavy atom. The average molecular weight is 732 g/mol. The third-order valence-corrected chi connectivity index (χ3v) is 14.2. The summed E-state index contributed by atoms with van der Waals surface area (Å²) in [6.45, 7) is 18.9. The maximum atomic E-state index is 14.6. The van der Waals surface area contributed by atoms with Gasteiger partial charge in [0.05, 0.1) is 30.8 Å². The Morgan fingerprint density at radius 3 is 2.27 bits per heavy atom. The zero-order chi connectivity index (χ0) is 37.9. The first-order chi connectivity index (χ1) is 23.7. The molecular formula is C38H55F2N3O7Si. The molecule has 0 bridgehead atoms. The fraction of sp³-hybridized carbons (Fsp3) is 0.605. The molecule has 10 nitrogen and oxygen atoms in total. The number of hydrogen-bond donors (Lipinski definition) is 2. The van der Waals surface area contributed by atoms with Crippen molar-refractivity contribution >= 4 is 31.9 Å². The normalized spacial score (nSPS) is 19.7. The lowest BCUT2D eigenvalue weighted by Crippen LogP contribution is -2.60. The SMILES string of the molecule is CCCO[C@@H]1C[C@H]([C@@H](O[Si](C)(C)C(C)(C)C)[C@H](Cc2cc(F)cc(F)c2)NC(=O)c2cc(O)cc(N3CCCC3=O)c2)N(C(=O)OC(C)(C)C)C1. The van der Waals surface area contributed by atoms with Crippen LogP contribution in [0.2, 0.25) is 18.1 Å². The number of anilines is 1. The van der Waals surface area contributed by atoms with Crippen LogP contribution >= 0.6 is 0 Å². The van der Waals surface area contributed by atoms with E-state index in [0.717, 1.165) is 12.5 Å². The number of carbonyl (C=O) groups excluding carboxylic acids is 3. The van der Waals surface area contributed by atoms with Crippen molar-refractivity contribution in [1.29, 1.82) is 0 Å². The lowest BCUT2D eigenvalue weighted by Gasteiger charge is -2.45. The van der Waals surface area contributed by atoms with Crippen molar-refractivity contribution in [2.24, 2.45) is 0 Å². The fourth-order valence-electron chi connectivity index (χ4n) is 6.31. The van der Waals surface area contributed by atoms with E-state index in [2.05, 4.69) is 39.2 Å². The first kappa shape index (κ1) is 40.2. The largest absolute Gasteiger partial charge is 0.508 e. The highest BCUT2D eigenvalue weighted by molar-refractivity contribution is 6.74. The molecule has 2 saturated heterocycles. The summed E-state index contributed by atoms with van der Waals surface area (Å²) in [5, 5.41) is 13.4. The summed E-state index contributed by atoms with van der Waals surface area (Å²) in [6, 6.07) is 5.91. The number of hydrogen-bond acceptors (Lipinski definition) is 7. The van der Waals surface area contributed by atoms with Crippen LogP contribution in [-0.2, 0) is 25.1 Å². The second-order valence-electron chi connectivity index (χ2n) is 16.2. The van der Waals surface area contributed by atoms with Gasteiger partial charge in [-0.3, -0.25) is 14.5 Å². The molecule has 0 radical (unpaired) electrons. The van der Waals surface area contributed by atoms with Gasteiger partial charge >= 0.3 is 6.09 Å². The van der Waals surface area contributed by atoms with Crippen LogP contribution in [0.5, 0.6) is 5.75 Å². The molecule has 4 rings (SSSR count). The minimum atomic E-state index is -2.67. The highest BCUT2D eigenvalue weighted by atomic mass is 28.4. The predicted octanol–water partition coefficient (Wildman–Crippen LogP) is 7.33. The number of carbonyl (C=O) groups is 3. The van der Waals surface area contributed by atoms with Gasteiger partial charge in [0.1, 0.15) is 23.0 Å². The number of likely N-dealkylation sites (tertiary alicyclic amines) is 1. The quantitative estimate of drug-likeness (QED) is 0.220. The molecule has 2 aromatic carbocycles. The average Bonchev–Trinajstić information content (AvgIpc) is 3.62. The van der Waals surface area contributed by atoms with E-state index in [-0.39, 0.29) is 46.9 Å². The van der Waals surface area contributed by atoms with Gasteiger partial charge in [0.15, 0.2) is 8.32 Å². The summed E-state index contributed by atoms with van der Waals surface area (Å²) < 4.78 is 48.4. The molecule has 0 saturated carbocycles. The van der Waals surface area contributed by atoms with Crippen LogP contribution in [0, 0.1) is 11.6 Å². The lowest BCUT2D eigenvalue weighted by atomic mass is 9.94. The van der Waals surface area contributed by atoms with Gasteiger partial charge in [-0.25, -0.2) is 13.6 Å². The van der Waals surface area contributed by atoms with Gasteiger partial charge < -0.3 is 29.2 Å². The predicted molar refractivity (Wildman–Crippen MR) is 194 cm³/mol. The first-order valence-corrected chi connectivity index (χ1v) is 20.8. The van der Waals surface area contributed by atoms with E-state index in [0.29, 0.717) is 38.1 Å². The maximum Gasteiger partial charge on any atom is 0.410 e. The summed E-state index contributed by atoms with van der Waals surface area (Å²) in [5.41, 5.74) is -0.0356. The summed E-state index contributed by atoms with van der Waals surface area (Å²) in [5.74, 6) is -2.43. The van der Waals surface area contributed by atoms with Crippen molar-refractivity contribution in [1.82, 2.24) is 10.2 Å². The van der Waals surface area contributed by atoms with Crippen LogP contribution in [0.15, 0.2) is 36.4 Å².